The number of benzene rings is 3. The van der Waals surface area contributed by atoms with Crippen LogP contribution in [0.5, 0.6) is 0 Å². The Hall–Kier alpha value is -3.48. The van der Waals surface area contributed by atoms with Gasteiger partial charge in [0.15, 0.2) is 0 Å². The van der Waals surface area contributed by atoms with Crippen molar-refractivity contribution in [2.45, 2.75) is 13.8 Å². The van der Waals surface area contributed by atoms with Crippen molar-refractivity contribution < 1.29 is 9.85 Å². The van der Waals surface area contributed by atoms with Crippen molar-refractivity contribution in [2.24, 2.45) is 0 Å². The smallest absolute Gasteiger partial charge is 0.300 e. The normalized spacial score (nSPS) is 10.6. The second kappa shape index (κ2) is 6.20. The third-order valence-electron chi connectivity index (χ3n) is 4.17. The predicted molar refractivity (Wildman–Crippen MR) is 96.5 cm³/mol. The van der Waals surface area contributed by atoms with Crippen molar-refractivity contribution in [1.29, 1.82) is 0 Å². The van der Waals surface area contributed by atoms with Gasteiger partial charge in [-0.2, -0.15) is 0 Å². The molecule has 0 saturated carbocycles. The topological polar surface area (TPSA) is 98.3 Å². The van der Waals surface area contributed by atoms with E-state index in [0.29, 0.717) is 16.5 Å². The number of nitro benzene ring substituents is 2. The zero-order valence-corrected chi connectivity index (χ0v) is 13.6. The molecular formula is C18H15N3O4. The third-order valence-corrected chi connectivity index (χ3v) is 4.17. The molecule has 7 nitrogen and oxygen atoms in total. The molecular weight excluding hydrogens is 322 g/mol. The van der Waals surface area contributed by atoms with E-state index in [0.717, 1.165) is 17.2 Å². The number of non-ortho nitro benzene ring substituents is 1. The van der Waals surface area contributed by atoms with E-state index in [9.17, 15) is 20.2 Å². The van der Waals surface area contributed by atoms with Gasteiger partial charge in [0.05, 0.1) is 21.3 Å². The van der Waals surface area contributed by atoms with Crippen LogP contribution in [0, 0.1) is 34.1 Å². The van der Waals surface area contributed by atoms with E-state index in [-0.39, 0.29) is 17.1 Å². The molecule has 0 spiro atoms. The van der Waals surface area contributed by atoms with Crippen LogP contribution in [0.1, 0.15) is 11.1 Å². The highest BCUT2D eigenvalue weighted by molar-refractivity contribution is 6.05. The molecule has 25 heavy (non-hydrogen) atoms. The molecule has 3 aromatic carbocycles. The molecule has 0 fully saturated rings. The summed E-state index contributed by atoms with van der Waals surface area (Å²) in [5.41, 5.74) is 2.46. The van der Waals surface area contributed by atoms with Crippen molar-refractivity contribution in [3.8, 4) is 0 Å². The number of rotatable bonds is 4. The monoisotopic (exact) mass is 337 g/mol. The number of nitro groups is 2. The maximum absolute atomic E-state index is 11.5. The van der Waals surface area contributed by atoms with Crippen LogP contribution in [0.4, 0.5) is 22.7 Å². The summed E-state index contributed by atoms with van der Waals surface area (Å²) < 4.78 is 0. The lowest BCUT2D eigenvalue weighted by Crippen LogP contribution is -2.01. The Kier molecular flexibility index (Phi) is 4.06. The third kappa shape index (κ3) is 2.99. The van der Waals surface area contributed by atoms with Gasteiger partial charge in [0.2, 0.25) is 0 Å². The molecule has 0 radical (unpaired) electrons. The highest BCUT2D eigenvalue weighted by Crippen LogP contribution is 2.40. The Labute approximate surface area is 143 Å². The van der Waals surface area contributed by atoms with Gasteiger partial charge in [-0.25, -0.2) is 0 Å². The molecule has 1 N–H and O–H groups in total. The van der Waals surface area contributed by atoms with Gasteiger partial charge in [-0.15, -0.1) is 0 Å². The molecule has 0 atom stereocenters. The summed E-state index contributed by atoms with van der Waals surface area (Å²) in [6, 6.07) is 13.2. The first-order chi connectivity index (χ1) is 11.9. The van der Waals surface area contributed by atoms with E-state index < -0.39 is 9.85 Å². The number of fused-ring (bicyclic) bond motifs is 1. The summed E-state index contributed by atoms with van der Waals surface area (Å²) >= 11 is 0. The molecule has 0 saturated heterocycles. The van der Waals surface area contributed by atoms with Gasteiger partial charge in [-0.05, 0) is 43.2 Å². The van der Waals surface area contributed by atoms with Crippen molar-refractivity contribution >= 4 is 33.5 Å². The van der Waals surface area contributed by atoms with Crippen LogP contribution in [0.2, 0.25) is 0 Å². The van der Waals surface area contributed by atoms with Crippen LogP contribution in [-0.2, 0) is 0 Å². The van der Waals surface area contributed by atoms with Crippen LogP contribution in [-0.4, -0.2) is 9.85 Å². The number of hydrogen-bond acceptors (Lipinski definition) is 5. The van der Waals surface area contributed by atoms with E-state index in [2.05, 4.69) is 5.32 Å². The SMILES string of the molecule is Cc1ccc(Nc2c([N+](=O)[O-])cc([N+](=O)[O-])c3ccccc23)cc1C. The van der Waals surface area contributed by atoms with E-state index in [4.69, 9.17) is 0 Å². The first-order valence-corrected chi connectivity index (χ1v) is 7.57. The lowest BCUT2D eigenvalue weighted by Gasteiger charge is -2.12. The maximum Gasteiger partial charge on any atom is 0.300 e. The molecule has 0 bridgehead atoms. The second-order valence-electron chi connectivity index (χ2n) is 5.77. The largest absolute Gasteiger partial charge is 0.349 e. The molecule has 3 rings (SSSR count). The van der Waals surface area contributed by atoms with Crippen molar-refractivity contribution in [3.05, 3.63) is 79.9 Å². The van der Waals surface area contributed by atoms with Gasteiger partial charge >= 0.3 is 0 Å². The summed E-state index contributed by atoms with van der Waals surface area (Å²) in [6.07, 6.45) is 0. The first kappa shape index (κ1) is 16.4. The average Bonchev–Trinajstić information content (AvgIpc) is 2.57. The Morgan fingerprint density at radius 2 is 1.44 bits per heavy atom. The van der Waals surface area contributed by atoms with Crippen LogP contribution >= 0.6 is 0 Å². The zero-order chi connectivity index (χ0) is 18.1. The second-order valence-corrected chi connectivity index (χ2v) is 5.77. The van der Waals surface area contributed by atoms with Gasteiger partial charge < -0.3 is 5.32 Å². The standard InChI is InChI=1S/C18H15N3O4/c1-11-7-8-13(9-12(11)2)19-18-15-6-4-3-5-14(15)16(20(22)23)10-17(18)21(24)25/h3-10,19H,1-2H3. The number of aryl methyl sites for hydroxylation is 2. The highest BCUT2D eigenvalue weighted by Gasteiger charge is 2.25. The van der Waals surface area contributed by atoms with Crippen molar-refractivity contribution in [2.75, 3.05) is 5.32 Å². The number of hydrogen-bond donors (Lipinski definition) is 1. The van der Waals surface area contributed by atoms with Gasteiger partial charge in [0, 0.05) is 11.1 Å². The summed E-state index contributed by atoms with van der Waals surface area (Å²) in [6.45, 7) is 3.92. The van der Waals surface area contributed by atoms with Gasteiger partial charge in [-0.1, -0.05) is 24.3 Å². The lowest BCUT2D eigenvalue weighted by molar-refractivity contribution is -0.392. The zero-order valence-electron chi connectivity index (χ0n) is 13.6. The van der Waals surface area contributed by atoms with Gasteiger partial charge in [0.25, 0.3) is 11.4 Å². The average molecular weight is 337 g/mol. The minimum absolute atomic E-state index is 0.245. The van der Waals surface area contributed by atoms with Crippen LogP contribution < -0.4 is 5.32 Å². The molecule has 0 aliphatic rings. The lowest BCUT2D eigenvalue weighted by atomic mass is 10.0. The summed E-state index contributed by atoms with van der Waals surface area (Å²) in [5, 5.41) is 26.6. The fourth-order valence-electron chi connectivity index (χ4n) is 2.73. The quantitative estimate of drug-likeness (QED) is 0.532. The fraction of sp³-hybridized carbons (Fsp3) is 0.111. The minimum Gasteiger partial charge on any atom is -0.349 e. The van der Waals surface area contributed by atoms with Crippen LogP contribution in [0.3, 0.4) is 0 Å². The van der Waals surface area contributed by atoms with Crippen molar-refractivity contribution in [3.63, 3.8) is 0 Å². The molecule has 0 unspecified atom stereocenters. The summed E-state index contributed by atoms with van der Waals surface area (Å²) in [4.78, 5) is 21.6. The number of nitrogens with one attached hydrogen (secondary N) is 1. The van der Waals surface area contributed by atoms with E-state index in [1.165, 1.54) is 0 Å². The molecule has 0 amide bonds. The fourth-order valence-corrected chi connectivity index (χ4v) is 2.73. The molecule has 0 aromatic heterocycles. The summed E-state index contributed by atoms with van der Waals surface area (Å²) in [7, 11) is 0. The summed E-state index contributed by atoms with van der Waals surface area (Å²) in [5.74, 6) is 0. The molecule has 0 aliphatic heterocycles. The number of nitrogens with zero attached hydrogens (tertiary/aromatic N) is 2. The van der Waals surface area contributed by atoms with Gasteiger partial charge in [0.1, 0.15) is 5.69 Å². The Bertz CT molecular complexity index is 1010. The predicted octanol–water partition coefficient (Wildman–Crippen LogP) is 5.02. The minimum atomic E-state index is -0.608. The molecule has 7 heteroatoms. The van der Waals surface area contributed by atoms with Crippen LogP contribution in [0.15, 0.2) is 48.5 Å². The van der Waals surface area contributed by atoms with E-state index in [1.54, 1.807) is 24.3 Å². The van der Waals surface area contributed by atoms with Crippen LogP contribution in [0.25, 0.3) is 10.8 Å². The Balaban J connectivity index is 2.27. The van der Waals surface area contributed by atoms with Crippen molar-refractivity contribution in [1.82, 2.24) is 0 Å². The molecule has 3 aromatic rings. The highest BCUT2D eigenvalue weighted by atomic mass is 16.6. The molecule has 126 valence electrons. The Morgan fingerprint density at radius 1 is 0.800 bits per heavy atom. The molecule has 0 aliphatic carbocycles. The van der Waals surface area contributed by atoms with E-state index >= 15 is 0 Å². The first-order valence-electron chi connectivity index (χ1n) is 7.57. The van der Waals surface area contributed by atoms with E-state index in [1.807, 2.05) is 32.0 Å². The maximum atomic E-state index is 11.5. The number of anilines is 2. The molecule has 0 heterocycles. The Morgan fingerprint density at radius 3 is 2.04 bits per heavy atom. The van der Waals surface area contributed by atoms with Gasteiger partial charge in [-0.3, -0.25) is 20.2 Å².